The number of hydrogen-bond donors (Lipinski definition) is 2. The van der Waals surface area contributed by atoms with Gasteiger partial charge in [-0.3, -0.25) is 0 Å². The number of unbranched alkanes of at least 4 members (excludes halogenated alkanes) is 1. The second-order valence-corrected chi connectivity index (χ2v) is 3.84. The van der Waals surface area contributed by atoms with Gasteiger partial charge in [0, 0.05) is 25.2 Å². The quantitative estimate of drug-likeness (QED) is 0.757. The molecule has 0 aliphatic carbocycles. The molecule has 1 heterocycles. The summed E-state index contributed by atoms with van der Waals surface area (Å²) in [6.45, 7) is 3.55. The van der Waals surface area contributed by atoms with Crippen LogP contribution in [0.3, 0.4) is 0 Å². The van der Waals surface area contributed by atoms with Crippen LogP contribution in [0.25, 0.3) is 11.1 Å². The molecule has 0 spiro atoms. The summed E-state index contributed by atoms with van der Waals surface area (Å²) in [5, 5.41) is 3.34. The van der Waals surface area contributed by atoms with Gasteiger partial charge in [-0.25, -0.2) is 4.98 Å². The second-order valence-electron chi connectivity index (χ2n) is 3.84. The van der Waals surface area contributed by atoms with Crippen LogP contribution < -0.4 is 11.1 Å². The van der Waals surface area contributed by atoms with Crippen LogP contribution in [-0.4, -0.2) is 18.1 Å². The number of aryl methyl sites for hydroxylation is 1. The van der Waals surface area contributed by atoms with E-state index in [9.17, 15) is 0 Å². The lowest BCUT2D eigenvalue weighted by atomic mass is 10.2. The standard InChI is InChI=1S/C12H17N3O/c1-9-15-11-5-4-10(8-12(11)16-9)14-7-3-2-6-13/h4-5,8,14H,2-3,6-7,13H2,1H3. The van der Waals surface area contributed by atoms with Crippen LogP contribution in [0.2, 0.25) is 0 Å². The fourth-order valence-corrected chi connectivity index (χ4v) is 1.65. The minimum atomic E-state index is 0.704. The van der Waals surface area contributed by atoms with Gasteiger partial charge in [0.15, 0.2) is 11.5 Å². The Labute approximate surface area is 94.8 Å². The van der Waals surface area contributed by atoms with Crippen molar-refractivity contribution in [2.45, 2.75) is 19.8 Å². The molecule has 1 aromatic carbocycles. The van der Waals surface area contributed by atoms with Gasteiger partial charge in [-0.05, 0) is 31.5 Å². The Morgan fingerprint density at radius 2 is 2.25 bits per heavy atom. The third-order valence-electron chi connectivity index (χ3n) is 2.46. The van der Waals surface area contributed by atoms with E-state index >= 15 is 0 Å². The number of benzene rings is 1. The maximum Gasteiger partial charge on any atom is 0.192 e. The molecule has 0 aliphatic heterocycles. The SMILES string of the molecule is Cc1nc2ccc(NCCCCN)cc2o1. The van der Waals surface area contributed by atoms with Crippen LogP contribution in [0.1, 0.15) is 18.7 Å². The van der Waals surface area contributed by atoms with E-state index in [2.05, 4.69) is 10.3 Å². The summed E-state index contributed by atoms with van der Waals surface area (Å²) in [5.41, 5.74) is 8.25. The normalized spacial score (nSPS) is 10.9. The van der Waals surface area contributed by atoms with Gasteiger partial charge in [-0.1, -0.05) is 0 Å². The molecular formula is C12H17N3O. The summed E-state index contributed by atoms with van der Waals surface area (Å²) in [6, 6.07) is 5.97. The molecule has 3 N–H and O–H groups in total. The van der Waals surface area contributed by atoms with E-state index < -0.39 is 0 Å². The number of rotatable bonds is 5. The molecule has 16 heavy (non-hydrogen) atoms. The molecule has 0 radical (unpaired) electrons. The number of anilines is 1. The highest BCUT2D eigenvalue weighted by Gasteiger charge is 2.02. The smallest absolute Gasteiger partial charge is 0.192 e. The van der Waals surface area contributed by atoms with Gasteiger partial charge >= 0.3 is 0 Å². The number of aromatic nitrogens is 1. The molecule has 4 heteroatoms. The van der Waals surface area contributed by atoms with Gasteiger partial charge < -0.3 is 15.5 Å². The van der Waals surface area contributed by atoms with Crippen molar-refractivity contribution in [1.82, 2.24) is 4.98 Å². The highest BCUT2D eigenvalue weighted by Crippen LogP contribution is 2.19. The van der Waals surface area contributed by atoms with Crippen molar-refractivity contribution >= 4 is 16.8 Å². The highest BCUT2D eigenvalue weighted by atomic mass is 16.3. The predicted molar refractivity (Wildman–Crippen MR) is 65.5 cm³/mol. The molecular weight excluding hydrogens is 202 g/mol. The van der Waals surface area contributed by atoms with E-state index in [1.165, 1.54) is 0 Å². The molecule has 4 nitrogen and oxygen atoms in total. The minimum Gasteiger partial charge on any atom is -0.441 e. The van der Waals surface area contributed by atoms with Crippen molar-refractivity contribution < 1.29 is 4.42 Å². The molecule has 0 unspecified atom stereocenters. The predicted octanol–water partition coefficient (Wildman–Crippen LogP) is 2.29. The first-order valence-electron chi connectivity index (χ1n) is 5.61. The third-order valence-corrected chi connectivity index (χ3v) is 2.46. The van der Waals surface area contributed by atoms with Crippen molar-refractivity contribution in [3.63, 3.8) is 0 Å². The molecule has 0 atom stereocenters. The lowest BCUT2D eigenvalue weighted by Gasteiger charge is -2.04. The van der Waals surface area contributed by atoms with Crippen molar-refractivity contribution in [2.75, 3.05) is 18.4 Å². The number of nitrogens with zero attached hydrogens (tertiary/aromatic N) is 1. The Hall–Kier alpha value is -1.55. The Morgan fingerprint density at radius 3 is 3.06 bits per heavy atom. The van der Waals surface area contributed by atoms with Crippen LogP contribution in [0.4, 0.5) is 5.69 Å². The zero-order chi connectivity index (χ0) is 11.4. The first-order chi connectivity index (χ1) is 7.79. The summed E-state index contributed by atoms with van der Waals surface area (Å²) in [7, 11) is 0. The van der Waals surface area contributed by atoms with E-state index in [0.29, 0.717) is 5.89 Å². The van der Waals surface area contributed by atoms with Crippen LogP contribution >= 0.6 is 0 Å². The van der Waals surface area contributed by atoms with Crippen LogP contribution in [-0.2, 0) is 0 Å². The number of hydrogen-bond acceptors (Lipinski definition) is 4. The molecule has 2 rings (SSSR count). The Balaban J connectivity index is 2.02. The first kappa shape index (κ1) is 11.0. The fourth-order valence-electron chi connectivity index (χ4n) is 1.65. The van der Waals surface area contributed by atoms with Gasteiger partial charge in [0.2, 0.25) is 0 Å². The summed E-state index contributed by atoms with van der Waals surface area (Å²) in [6.07, 6.45) is 2.14. The fraction of sp³-hybridized carbons (Fsp3) is 0.417. The number of oxazole rings is 1. The highest BCUT2D eigenvalue weighted by molar-refractivity contribution is 5.77. The molecule has 0 saturated heterocycles. The zero-order valence-corrected chi connectivity index (χ0v) is 9.49. The van der Waals surface area contributed by atoms with E-state index in [1.54, 1.807) is 0 Å². The third kappa shape index (κ3) is 2.52. The van der Waals surface area contributed by atoms with Crippen molar-refractivity contribution in [1.29, 1.82) is 0 Å². The minimum absolute atomic E-state index is 0.704. The van der Waals surface area contributed by atoms with E-state index in [-0.39, 0.29) is 0 Å². The molecule has 0 bridgehead atoms. The van der Waals surface area contributed by atoms with Crippen LogP contribution in [0.5, 0.6) is 0 Å². The monoisotopic (exact) mass is 219 g/mol. The first-order valence-corrected chi connectivity index (χ1v) is 5.61. The van der Waals surface area contributed by atoms with Gasteiger partial charge in [-0.2, -0.15) is 0 Å². The topological polar surface area (TPSA) is 64.1 Å². The maximum absolute atomic E-state index is 5.46. The second kappa shape index (κ2) is 4.99. The van der Waals surface area contributed by atoms with Crippen LogP contribution in [0, 0.1) is 6.92 Å². The van der Waals surface area contributed by atoms with E-state index in [0.717, 1.165) is 42.7 Å². The van der Waals surface area contributed by atoms with Crippen molar-refractivity contribution in [3.8, 4) is 0 Å². The van der Waals surface area contributed by atoms with Crippen LogP contribution in [0.15, 0.2) is 22.6 Å². The van der Waals surface area contributed by atoms with Gasteiger partial charge in [-0.15, -0.1) is 0 Å². The van der Waals surface area contributed by atoms with Crippen molar-refractivity contribution in [2.24, 2.45) is 5.73 Å². The molecule has 1 aromatic heterocycles. The molecule has 0 aliphatic rings. The largest absolute Gasteiger partial charge is 0.441 e. The van der Waals surface area contributed by atoms with E-state index in [4.69, 9.17) is 10.2 Å². The Morgan fingerprint density at radius 1 is 1.38 bits per heavy atom. The zero-order valence-electron chi connectivity index (χ0n) is 9.49. The number of fused-ring (bicyclic) bond motifs is 1. The molecule has 0 saturated carbocycles. The summed E-state index contributed by atoms with van der Waals surface area (Å²) >= 11 is 0. The number of nitrogens with one attached hydrogen (secondary N) is 1. The number of nitrogens with two attached hydrogens (primary N) is 1. The van der Waals surface area contributed by atoms with Gasteiger partial charge in [0.25, 0.3) is 0 Å². The average Bonchev–Trinajstić information content (AvgIpc) is 2.64. The Kier molecular flexibility index (Phi) is 3.41. The molecule has 0 amide bonds. The van der Waals surface area contributed by atoms with Crippen molar-refractivity contribution in [3.05, 3.63) is 24.1 Å². The lowest BCUT2D eigenvalue weighted by Crippen LogP contribution is -2.05. The molecule has 0 fully saturated rings. The summed E-state index contributed by atoms with van der Waals surface area (Å²) in [5.74, 6) is 0.704. The molecule has 86 valence electrons. The van der Waals surface area contributed by atoms with Gasteiger partial charge in [0.1, 0.15) is 5.52 Å². The average molecular weight is 219 g/mol. The summed E-state index contributed by atoms with van der Waals surface area (Å²) < 4.78 is 5.46. The maximum atomic E-state index is 5.46. The van der Waals surface area contributed by atoms with E-state index in [1.807, 2.05) is 25.1 Å². The lowest BCUT2D eigenvalue weighted by molar-refractivity contribution is 0.561. The Bertz CT molecular complexity index is 464. The summed E-state index contributed by atoms with van der Waals surface area (Å²) in [4.78, 5) is 4.25. The molecule has 2 aromatic rings. The van der Waals surface area contributed by atoms with Gasteiger partial charge in [0.05, 0.1) is 0 Å².